The summed E-state index contributed by atoms with van der Waals surface area (Å²) in [6.07, 6.45) is 3.60. The van der Waals surface area contributed by atoms with Gasteiger partial charge in [0.25, 0.3) is 0 Å². The Balaban J connectivity index is 2.44. The van der Waals surface area contributed by atoms with Crippen LogP contribution < -0.4 is 5.73 Å². The smallest absolute Gasteiger partial charge is 0.00844 e. The zero-order valence-electron chi connectivity index (χ0n) is 8.59. The third kappa shape index (κ3) is 2.20. The predicted octanol–water partition coefficient (Wildman–Crippen LogP) is 1.60. The molecule has 0 aromatic heterocycles. The lowest BCUT2D eigenvalue weighted by atomic mass is 9.97. The van der Waals surface area contributed by atoms with Gasteiger partial charge in [-0.2, -0.15) is 0 Å². The van der Waals surface area contributed by atoms with Gasteiger partial charge in [0, 0.05) is 24.7 Å². The fourth-order valence-electron chi connectivity index (χ4n) is 2.12. The summed E-state index contributed by atoms with van der Waals surface area (Å²) < 4.78 is 0. The molecule has 2 heteroatoms. The van der Waals surface area contributed by atoms with Crippen LogP contribution in [0.15, 0.2) is 0 Å². The molecule has 2 nitrogen and oxygen atoms in total. The molecule has 0 aromatic rings. The Morgan fingerprint density at radius 2 is 2.25 bits per heavy atom. The Bertz CT molecular complexity index is 136. The highest BCUT2D eigenvalue weighted by molar-refractivity contribution is 4.83. The first-order valence-electron chi connectivity index (χ1n) is 5.16. The van der Waals surface area contributed by atoms with Gasteiger partial charge < -0.3 is 5.73 Å². The van der Waals surface area contributed by atoms with Gasteiger partial charge in [0.1, 0.15) is 0 Å². The summed E-state index contributed by atoms with van der Waals surface area (Å²) in [4.78, 5) is 2.59. The van der Waals surface area contributed by atoms with Crippen molar-refractivity contribution in [2.45, 2.75) is 58.2 Å². The van der Waals surface area contributed by atoms with Crippen molar-refractivity contribution in [2.24, 2.45) is 5.73 Å². The second-order valence-corrected chi connectivity index (χ2v) is 4.13. The molecule has 0 radical (unpaired) electrons. The fraction of sp³-hybridized carbons (Fsp3) is 1.00. The molecule has 1 aliphatic rings. The Labute approximate surface area is 76.1 Å². The monoisotopic (exact) mass is 170 g/mol. The first kappa shape index (κ1) is 10.0. The second-order valence-electron chi connectivity index (χ2n) is 4.13. The number of hydrogen-bond donors (Lipinski definition) is 1. The van der Waals surface area contributed by atoms with Crippen LogP contribution in [-0.2, 0) is 0 Å². The quantitative estimate of drug-likeness (QED) is 0.682. The van der Waals surface area contributed by atoms with Gasteiger partial charge in [-0.15, -0.1) is 0 Å². The molecule has 0 spiro atoms. The van der Waals surface area contributed by atoms with Crippen LogP contribution in [0.2, 0.25) is 0 Å². The Kier molecular flexibility index (Phi) is 3.53. The van der Waals surface area contributed by atoms with Crippen LogP contribution in [0.1, 0.15) is 40.0 Å². The van der Waals surface area contributed by atoms with Gasteiger partial charge in [0.05, 0.1) is 0 Å². The maximum absolute atomic E-state index is 5.90. The van der Waals surface area contributed by atoms with Crippen molar-refractivity contribution in [3.63, 3.8) is 0 Å². The van der Waals surface area contributed by atoms with Gasteiger partial charge in [-0.25, -0.2) is 0 Å². The minimum Gasteiger partial charge on any atom is -0.328 e. The van der Waals surface area contributed by atoms with Gasteiger partial charge in [0.2, 0.25) is 0 Å². The summed E-state index contributed by atoms with van der Waals surface area (Å²) in [6.45, 7) is 8.06. The molecule has 0 bridgehead atoms. The SMILES string of the molecule is CCC(C)N1CCC(N)CC1C. The summed E-state index contributed by atoms with van der Waals surface area (Å²) in [5.74, 6) is 0. The van der Waals surface area contributed by atoms with Crippen molar-refractivity contribution >= 4 is 0 Å². The van der Waals surface area contributed by atoms with Crippen molar-refractivity contribution in [1.29, 1.82) is 0 Å². The molecule has 72 valence electrons. The van der Waals surface area contributed by atoms with Crippen LogP contribution >= 0.6 is 0 Å². The average Bonchev–Trinajstić information content (AvgIpc) is 2.03. The van der Waals surface area contributed by atoms with Gasteiger partial charge in [0.15, 0.2) is 0 Å². The number of piperidine rings is 1. The molecule has 1 fully saturated rings. The van der Waals surface area contributed by atoms with E-state index in [2.05, 4.69) is 25.7 Å². The van der Waals surface area contributed by atoms with E-state index >= 15 is 0 Å². The third-order valence-electron chi connectivity index (χ3n) is 3.13. The zero-order valence-corrected chi connectivity index (χ0v) is 8.59. The number of likely N-dealkylation sites (tertiary alicyclic amines) is 1. The standard InChI is InChI=1S/C10H22N2/c1-4-8(2)12-6-5-10(11)7-9(12)3/h8-10H,4-7,11H2,1-3H3. The van der Waals surface area contributed by atoms with Gasteiger partial charge in [-0.1, -0.05) is 6.92 Å². The van der Waals surface area contributed by atoms with Crippen molar-refractivity contribution in [3.8, 4) is 0 Å². The van der Waals surface area contributed by atoms with E-state index in [1.165, 1.54) is 25.8 Å². The first-order valence-corrected chi connectivity index (χ1v) is 5.16. The Morgan fingerprint density at radius 3 is 2.75 bits per heavy atom. The van der Waals surface area contributed by atoms with E-state index in [9.17, 15) is 0 Å². The Hall–Kier alpha value is -0.0800. The summed E-state index contributed by atoms with van der Waals surface area (Å²) in [5.41, 5.74) is 5.90. The van der Waals surface area contributed by atoms with E-state index in [0.29, 0.717) is 12.1 Å². The molecule has 0 aliphatic carbocycles. The van der Waals surface area contributed by atoms with E-state index in [1.54, 1.807) is 0 Å². The summed E-state index contributed by atoms with van der Waals surface area (Å²) >= 11 is 0. The summed E-state index contributed by atoms with van der Waals surface area (Å²) in [7, 11) is 0. The molecule has 1 saturated heterocycles. The molecular formula is C10H22N2. The molecule has 3 atom stereocenters. The maximum Gasteiger partial charge on any atom is 0.00844 e. The fourth-order valence-corrected chi connectivity index (χ4v) is 2.12. The average molecular weight is 170 g/mol. The van der Waals surface area contributed by atoms with E-state index < -0.39 is 0 Å². The van der Waals surface area contributed by atoms with Crippen molar-refractivity contribution in [2.75, 3.05) is 6.54 Å². The van der Waals surface area contributed by atoms with Crippen molar-refractivity contribution in [1.82, 2.24) is 4.90 Å². The van der Waals surface area contributed by atoms with E-state index in [-0.39, 0.29) is 0 Å². The van der Waals surface area contributed by atoms with E-state index in [0.717, 1.165) is 6.04 Å². The van der Waals surface area contributed by atoms with Gasteiger partial charge in [-0.05, 0) is 33.1 Å². The largest absolute Gasteiger partial charge is 0.328 e. The molecule has 1 aliphatic heterocycles. The van der Waals surface area contributed by atoms with Crippen LogP contribution in [0.5, 0.6) is 0 Å². The molecule has 1 heterocycles. The lowest BCUT2D eigenvalue weighted by molar-refractivity contribution is 0.102. The van der Waals surface area contributed by atoms with Gasteiger partial charge in [-0.3, -0.25) is 4.90 Å². The van der Waals surface area contributed by atoms with Crippen molar-refractivity contribution in [3.05, 3.63) is 0 Å². The molecule has 2 N–H and O–H groups in total. The highest BCUT2D eigenvalue weighted by atomic mass is 15.2. The molecule has 12 heavy (non-hydrogen) atoms. The van der Waals surface area contributed by atoms with Crippen LogP contribution in [-0.4, -0.2) is 29.6 Å². The van der Waals surface area contributed by atoms with Crippen LogP contribution in [0.3, 0.4) is 0 Å². The molecule has 0 saturated carbocycles. The van der Waals surface area contributed by atoms with Crippen LogP contribution in [0.4, 0.5) is 0 Å². The number of hydrogen-bond acceptors (Lipinski definition) is 2. The summed E-state index contributed by atoms with van der Waals surface area (Å²) in [5, 5.41) is 0. The molecular weight excluding hydrogens is 148 g/mol. The van der Waals surface area contributed by atoms with Crippen LogP contribution in [0, 0.1) is 0 Å². The number of nitrogens with zero attached hydrogens (tertiary/aromatic N) is 1. The predicted molar refractivity (Wildman–Crippen MR) is 53.1 cm³/mol. The molecule has 0 aromatic carbocycles. The third-order valence-corrected chi connectivity index (χ3v) is 3.13. The number of rotatable bonds is 2. The second kappa shape index (κ2) is 4.24. The topological polar surface area (TPSA) is 29.3 Å². The first-order chi connectivity index (χ1) is 5.65. The normalized spacial score (nSPS) is 35.0. The molecule has 0 amide bonds. The summed E-state index contributed by atoms with van der Waals surface area (Å²) in [6, 6.07) is 1.86. The minimum atomic E-state index is 0.445. The van der Waals surface area contributed by atoms with E-state index in [1.807, 2.05) is 0 Å². The molecule has 1 rings (SSSR count). The minimum absolute atomic E-state index is 0.445. The van der Waals surface area contributed by atoms with E-state index in [4.69, 9.17) is 5.73 Å². The lowest BCUT2D eigenvalue weighted by Gasteiger charge is -2.40. The van der Waals surface area contributed by atoms with Gasteiger partial charge >= 0.3 is 0 Å². The van der Waals surface area contributed by atoms with Crippen LogP contribution in [0.25, 0.3) is 0 Å². The van der Waals surface area contributed by atoms with Crippen molar-refractivity contribution < 1.29 is 0 Å². The highest BCUT2D eigenvalue weighted by Gasteiger charge is 2.25. The molecule has 3 unspecified atom stereocenters. The highest BCUT2D eigenvalue weighted by Crippen LogP contribution is 2.19. The lowest BCUT2D eigenvalue weighted by Crippen LogP contribution is -2.49. The zero-order chi connectivity index (χ0) is 9.14. The maximum atomic E-state index is 5.90. The number of nitrogens with two attached hydrogens (primary N) is 1. The Morgan fingerprint density at radius 1 is 1.58 bits per heavy atom.